The van der Waals surface area contributed by atoms with Gasteiger partial charge < -0.3 is 30.0 Å². The van der Waals surface area contributed by atoms with Gasteiger partial charge in [-0.15, -0.1) is 0 Å². The van der Waals surface area contributed by atoms with Crippen molar-refractivity contribution in [1.82, 2.24) is 10.6 Å². The van der Waals surface area contributed by atoms with Crippen LogP contribution in [0.4, 0.5) is 4.39 Å². The van der Waals surface area contributed by atoms with E-state index < -0.39 is 23.1 Å². The number of carbonyl (C=O) groups excluding carboxylic acids is 2. The maximum Gasteiger partial charge on any atom is 0.309 e. The number of hydrogen-bond donors (Lipinski definition) is 3. The van der Waals surface area contributed by atoms with Gasteiger partial charge >= 0.3 is 5.97 Å². The van der Waals surface area contributed by atoms with Gasteiger partial charge in [-0.2, -0.15) is 0 Å². The van der Waals surface area contributed by atoms with Crippen LogP contribution < -0.4 is 20.1 Å². The lowest BCUT2D eigenvalue weighted by atomic mass is 9.70. The largest absolute Gasteiger partial charge is 0.487 e. The van der Waals surface area contributed by atoms with E-state index in [0.29, 0.717) is 45.4 Å². The number of ether oxygens (including phenoxy) is 3. The summed E-state index contributed by atoms with van der Waals surface area (Å²) in [7, 11) is 0. The van der Waals surface area contributed by atoms with Crippen molar-refractivity contribution in [3.05, 3.63) is 23.5 Å². The Morgan fingerprint density at radius 1 is 0.976 bits per heavy atom. The summed E-state index contributed by atoms with van der Waals surface area (Å²) in [5, 5.41) is 15.9. The standard InChI is InChI=1S/C32H43FN2O7/c1-31(8-3-9-31)17-34-29(37)26-18-4-5-19(12-18)27(26)35-28(36)22-13-25(23(33)14-24(22)42-21-15-40-16-21)41-20-6-10-32(2,11-7-20)30(38)39/h13-14,18-21,26-27H,3-12,15-17H2,1-2H3,(H,34,37)(H,35,36)(H,38,39)/t18-,19+,20?,26+,27-,32?/m1/s1. The summed E-state index contributed by atoms with van der Waals surface area (Å²) in [6.07, 6.45) is 7.48. The maximum atomic E-state index is 15.3. The van der Waals surface area contributed by atoms with Crippen LogP contribution in [0, 0.1) is 34.4 Å². The molecule has 5 aliphatic rings. The molecule has 2 amide bonds. The highest BCUT2D eigenvalue weighted by atomic mass is 19.1. The molecular weight excluding hydrogens is 543 g/mol. The highest BCUT2D eigenvalue weighted by Crippen LogP contribution is 2.49. The Morgan fingerprint density at radius 3 is 2.29 bits per heavy atom. The molecule has 0 unspecified atom stereocenters. The Balaban J connectivity index is 1.19. The number of nitrogens with one attached hydrogen (secondary N) is 2. The molecule has 42 heavy (non-hydrogen) atoms. The molecule has 0 radical (unpaired) electrons. The van der Waals surface area contributed by atoms with Crippen LogP contribution in [-0.2, 0) is 14.3 Å². The minimum absolute atomic E-state index is 0.0116. The summed E-state index contributed by atoms with van der Waals surface area (Å²) in [5.74, 6) is -1.65. The number of carboxylic acid groups (broad SMARTS) is 1. The van der Waals surface area contributed by atoms with Crippen LogP contribution in [0.15, 0.2) is 12.1 Å². The zero-order valence-corrected chi connectivity index (χ0v) is 24.6. The van der Waals surface area contributed by atoms with Gasteiger partial charge in [-0.3, -0.25) is 14.4 Å². The minimum Gasteiger partial charge on any atom is -0.487 e. The van der Waals surface area contributed by atoms with Crippen LogP contribution in [0.2, 0.25) is 0 Å². The van der Waals surface area contributed by atoms with Crippen molar-refractivity contribution in [3.8, 4) is 11.5 Å². The van der Waals surface area contributed by atoms with E-state index in [1.807, 2.05) is 0 Å². The monoisotopic (exact) mass is 586 g/mol. The predicted molar refractivity (Wildman–Crippen MR) is 151 cm³/mol. The summed E-state index contributed by atoms with van der Waals surface area (Å²) in [6, 6.07) is 2.29. The molecule has 9 nitrogen and oxygen atoms in total. The van der Waals surface area contributed by atoms with Gasteiger partial charge in [-0.1, -0.05) is 13.3 Å². The molecule has 4 aliphatic carbocycles. The number of halogens is 1. The van der Waals surface area contributed by atoms with E-state index in [0.717, 1.165) is 32.1 Å². The van der Waals surface area contributed by atoms with Crippen molar-refractivity contribution >= 4 is 17.8 Å². The summed E-state index contributed by atoms with van der Waals surface area (Å²) in [6.45, 7) is 5.31. The summed E-state index contributed by atoms with van der Waals surface area (Å²) < 4.78 is 32.5. The molecule has 230 valence electrons. The average Bonchev–Trinajstić information content (AvgIpc) is 3.53. The topological polar surface area (TPSA) is 123 Å². The molecule has 1 aromatic carbocycles. The third-order valence-corrected chi connectivity index (χ3v) is 10.8. The van der Waals surface area contributed by atoms with Crippen molar-refractivity contribution in [3.63, 3.8) is 0 Å². The van der Waals surface area contributed by atoms with Crippen LogP contribution in [-0.4, -0.2) is 60.9 Å². The number of aliphatic carboxylic acids is 1. The first-order valence-corrected chi connectivity index (χ1v) is 15.6. The lowest BCUT2D eigenvalue weighted by Gasteiger charge is -2.39. The number of fused-ring (bicyclic) bond motifs is 2. The molecule has 0 spiro atoms. The smallest absolute Gasteiger partial charge is 0.309 e. The van der Waals surface area contributed by atoms with E-state index in [-0.39, 0.29) is 64.4 Å². The highest BCUT2D eigenvalue weighted by molar-refractivity contribution is 5.98. The maximum absolute atomic E-state index is 15.3. The van der Waals surface area contributed by atoms with Gasteiger partial charge in [0.1, 0.15) is 11.9 Å². The summed E-state index contributed by atoms with van der Waals surface area (Å²) in [4.78, 5) is 38.9. The first-order valence-electron chi connectivity index (χ1n) is 15.6. The second-order valence-corrected chi connectivity index (χ2v) is 14.0. The quantitative estimate of drug-likeness (QED) is 0.370. The van der Waals surface area contributed by atoms with Gasteiger partial charge in [-0.05, 0) is 88.0 Å². The third kappa shape index (κ3) is 5.71. The molecule has 4 atom stereocenters. The minimum atomic E-state index is -0.836. The molecule has 6 rings (SSSR count). The zero-order chi connectivity index (χ0) is 29.6. The van der Waals surface area contributed by atoms with Gasteiger partial charge in [-0.25, -0.2) is 4.39 Å². The first kappa shape index (κ1) is 29.2. The number of carboxylic acids is 1. The van der Waals surface area contributed by atoms with Crippen LogP contribution in [0.5, 0.6) is 11.5 Å². The fourth-order valence-corrected chi connectivity index (χ4v) is 7.58. The molecular formula is C32H43FN2O7. The Kier molecular flexibility index (Phi) is 7.87. The second kappa shape index (κ2) is 11.3. The summed E-state index contributed by atoms with van der Waals surface area (Å²) in [5.41, 5.74) is -0.489. The van der Waals surface area contributed by atoms with Crippen molar-refractivity contribution in [1.29, 1.82) is 0 Å². The Labute approximate surface area is 246 Å². The molecule has 1 aliphatic heterocycles. The average molecular weight is 587 g/mol. The fraction of sp³-hybridized carbons (Fsp3) is 0.719. The number of rotatable bonds is 10. The van der Waals surface area contributed by atoms with Gasteiger partial charge in [0, 0.05) is 18.7 Å². The second-order valence-electron chi connectivity index (χ2n) is 14.0. The number of hydrogen-bond acceptors (Lipinski definition) is 6. The van der Waals surface area contributed by atoms with Crippen molar-refractivity contribution in [2.24, 2.45) is 28.6 Å². The first-order chi connectivity index (χ1) is 20.0. The number of benzene rings is 1. The molecule has 5 fully saturated rings. The molecule has 2 bridgehead atoms. The van der Waals surface area contributed by atoms with Crippen LogP contribution in [0.25, 0.3) is 0 Å². The fourth-order valence-electron chi connectivity index (χ4n) is 7.58. The van der Waals surface area contributed by atoms with Gasteiger partial charge in [0.2, 0.25) is 5.91 Å². The summed E-state index contributed by atoms with van der Waals surface area (Å²) >= 11 is 0. The van der Waals surface area contributed by atoms with Crippen LogP contribution in [0.3, 0.4) is 0 Å². The molecule has 1 saturated heterocycles. The Hall–Kier alpha value is -2.88. The number of carbonyl (C=O) groups is 3. The molecule has 0 aromatic heterocycles. The van der Waals surface area contributed by atoms with E-state index in [1.165, 1.54) is 18.6 Å². The predicted octanol–water partition coefficient (Wildman–Crippen LogP) is 4.47. The number of amides is 2. The van der Waals surface area contributed by atoms with E-state index in [9.17, 15) is 19.5 Å². The van der Waals surface area contributed by atoms with E-state index in [2.05, 4.69) is 17.6 Å². The Bertz CT molecular complexity index is 1220. The van der Waals surface area contributed by atoms with Crippen molar-refractivity contribution < 1.29 is 38.1 Å². The molecule has 3 N–H and O–H groups in total. The van der Waals surface area contributed by atoms with E-state index in [4.69, 9.17) is 14.2 Å². The van der Waals surface area contributed by atoms with Gasteiger partial charge in [0.15, 0.2) is 11.6 Å². The van der Waals surface area contributed by atoms with E-state index >= 15 is 4.39 Å². The SMILES string of the molecule is CC1(CNC(=O)[C@H]2[C@@H]3CC[C@@H](C3)[C@H]2NC(=O)c2cc(OC3CCC(C)(C(=O)O)CC3)c(F)cc2OC2COC2)CCC1. The van der Waals surface area contributed by atoms with Crippen molar-refractivity contribution in [2.75, 3.05) is 19.8 Å². The lowest BCUT2D eigenvalue weighted by Crippen LogP contribution is -2.51. The zero-order valence-electron chi connectivity index (χ0n) is 24.6. The van der Waals surface area contributed by atoms with Gasteiger partial charge in [0.05, 0.1) is 36.2 Å². The molecule has 1 heterocycles. The van der Waals surface area contributed by atoms with Crippen molar-refractivity contribution in [2.45, 2.75) is 96.3 Å². The van der Waals surface area contributed by atoms with E-state index in [1.54, 1.807) is 6.92 Å². The van der Waals surface area contributed by atoms with Crippen LogP contribution >= 0.6 is 0 Å². The lowest BCUT2D eigenvalue weighted by molar-refractivity contribution is -0.150. The molecule has 1 aromatic rings. The van der Waals surface area contributed by atoms with Gasteiger partial charge in [0.25, 0.3) is 5.91 Å². The molecule has 10 heteroatoms. The van der Waals surface area contributed by atoms with Crippen LogP contribution in [0.1, 0.15) is 88.4 Å². The molecule has 4 saturated carbocycles. The highest BCUT2D eigenvalue weighted by Gasteiger charge is 2.52. The Morgan fingerprint density at radius 2 is 1.67 bits per heavy atom. The third-order valence-electron chi connectivity index (χ3n) is 10.8. The normalized spacial score (nSPS) is 33.3.